The van der Waals surface area contributed by atoms with E-state index in [9.17, 15) is 37.1 Å². The van der Waals surface area contributed by atoms with E-state index in [2.05, 4.69) is 5.32 Å². The molecule has 0 aliphatic carbocycles. The number of nitrogens with zero attached hydrogens (tertiary/aromatic N) is 1. The van der Waals surface area contributed by atoms with Crippen molar-refractivity contribution in [2.75, 3.05) is 0 Å². The largest absolute Gasteiger partial charge is 0.481 e. The standard InChI is InChI=1S/C35H35F5N2O4/c1-20-13-25(36)14-22-10-5-3-2-4-6-12-29(42-19-23-11-8-7-9-21(23)17-30(42)43)34(46)41-28(18-31(44)45)26-15-24(32(20)22)16-27(33(26)37)35(38,39)40/h7-9,11,13-16,28-29H,2-6,10,12,17-19H2,1H3,(H,41,46)(H,44,45)/t28-,29-/m0/s1. The molecule has 0 unspecified atom stereocenters. The van der Waals surface area contributed by atoms with Gasteiger partial charge in [-0.3, -0.25) is 14.4 Å². The summed E-state index contributed by atoms with van der Waals surface area (Å²) in [5.74, 6) is -4.82. The van der Waals surface area contributed by atoms with Crippen molar-refractivity contribution in [3.8, 4) is 11.1 Å². The van der Waals surface area contributed by atoms with Crippen molar-refractivity contribution in [2.45, 2.75) is 89.5 Å². The number of alkyl halides is 3. The number of rotatable bonds is 3. The molecule has 11 heteroatoms. The monoisotopic (exact) mass is 642 g/mol. The Balaban J connectivity index is 1.64. The number of nitrogens with one attached hydrogen (secondary N) is 1. The number of amides is 2. The fourth-order valence-electron chi connectivity index (χ4n) is 6.67. The van der Waals surface area contributed by atoms with Crippen LogP contribution in [0, 0.1) is 18.6 Å². The van der Waals surface area contributed by atoms with Crippen molar-refractivity contribution in [1.82, 2.24) is 10.2 Å². The van der Waals surface area contributed by atoms with E-state index in [0.717, 1.165) is 36.5 Å². The Kier molecular flexibility index (Phi) is 9.79. The van der Waals surface area contributed by atoms with E-state index in [-0.39, 0.29) is 30.9 Å². The van der Waals surface area contributed by atoms with E-state index in [0.29, 0.717) is 42.0 Å². The first-order chi connectivity index (χ1) is 21.8. The van der Waals surface area contributed by atoms with Crippen LogP contribution in [-0.2, 0) is 39.9 Å². The summed E-state index contributed by atoms with van der Waals surface area (Å²) in [5, 5.41) is 12.3. The molecule has 0 aromatic heterocycles. The first-order valence-corrected chi connectivity index (χ1v) is 15.4. The molecular formula is C35H35F5N2O4. The second-order valence-corrected chi connectivity index (χ2v) is 12.1. The molecule has 5 rings (SSSR count). The number of aryl methyl sites for hydroxylation is 2. The number of aliphatic carboxylic acids is 1. The molecular weight excluding hydrogens is 607 g/mol. The predicted octanol–water partition coefficient (Wildman–Crippen LogP) is 7.44. The maximum Gasteiger partial charge on any atom is 0.419 e. The van der Waals surface area contributed by atoms with E-state index in [1.54, 1.807) is 6.92 Å². The van der Waals surface area contributed by atoms with Gasteiger partial charge in [-0.2, -0.15) is 13.2 Å². The average molecular weight is 643 g/mol. The van der Waals surface area contributed by atoms with Crippen LogP contribution in [0.15, 0.2) is 48.5 Å². The van der Waals surface area contributed by atoms with Crippen molar-refractivity contribution in [3.63, 3.8) is 0 Å². The third kappa shape index (κ3) is 7.24. The molecule has 46 heavy (non-hydrogen) atoms. The molecule has 2 aliphatic heterocycles. The lowest BCUT2D eigenvalue weighted by atomic mass is 9.87. The van der Waals surface area contributed by atoms with Crippen molar-refractivity contribution >= 4 is 17.8 Å². The number of benzene rings is 3. The van der Waals surface area contributed by atoms with Crippen LogP contribution < -0.4 is 5.32 Å². The SMILES string of the molecule is Cc1cc(F)cc2c1-c1cc(c(F)c(C(F)(F)F)c1)[C@H](CC(=O)O)NC(=O)[C@@H](N1Cc3ccccc3CC1=O)CCCCCCC2. The van der Waals surface area contributed by atoms with Crippen LogP contribution in [0.4, 0.5) is 22.0 Å². The Morgan fingerprint density at radius 2 is 1.65 bits per heavy atom. The number of hydrogen-bond acceptors (Lipinski definition) is 3. The average Bonchev–Trinajstić information content (AvgIpc) is 2.97. The second-order valence-electron chi connectivity index (χ2n) is 12.1. The summed E-state index contributed by atoms with van der Waals surface area (Å²) in [7, 11) is 0. The Bertz CT molecular complexity index is 1650. The molecule has 3 aromatic rings. The van der Waals surface area contributed by atoms with Crippen molar-refractivity contribution < 1.29 is 41.4 Å². The minimum Gasteiger partial charge on any atom is -0.481 e. The molecule has 0 saturated heterocycles. The number of carboxylic acids is 1. The van der Waals surface area contributed by atoms with Crippen LogP contribution in [-0.4, -0.2) is 33.8 Å². The highest BCUT2D eigenvalue weighted by atomic mass is 19.4. The molecule has 2 aliphatic rings. The molecule has 2 bridgehead atoms. The van der Waals surface area contributed by atoms with Gasteiger partial charge in [0, 0.05) is 12.1 Å². The van der Waals surface area contributed by atoms with Crippen LogP contribution in [0.5, 0.6) is 0 Å². The fourth-order valence-corrected chi connectivity index (χ4v) is 6.67. The van der Waals surface area contributed by atoms with E-state index in [4.69, 9.17) is 0 Å². The zero-order valence-electron chi connectivity index (χ0n) is 25.4. The summed E-state index contributed by atoms with van der Waals surface area (Å²) in [6, 6.07) is 8.77. The van der Waals surface area contributed by atoms with Crippen LogP contribution in [0.25, 0.3) is 11.1 Å². The Morgan fingerprint density at radius 1 is 0.957 bits per heavy atom. The number of fused-ring (bicyclic) bond motifs is 5. The molecule has 3 aromatic carbocycles. The van der Waals surface area contributed by atoms with Gasteiger partial charge in [-0.15, -0.1) is 0 Å². The molecule has 0 saturated carbocycles. The Labute approximate surface area is 263 Å². The summed E-state index contributed by atoms with van der Waals surface area (Å²) < 4.78 is 73.2. The van der Waals surface area contributed by atoms with Gasteiger partial charge in [-0.05, 0) is 83.8 Å². The van der Waals surface area contributed by atoms with Gasteiger partial charge in [0.2, 0.25) is 11.8 Å². The summed E-state index contributed by atoms with van der Waals surface area (Å²) in [6.45, 7) is 1.68. The van der Waals surface area contributed by atoms with Gasteiger partial charge in [0.15, 0.2) is 0 Å². The summed E-state index contributed by atoms with van der Waals surface area (Å²) in [6.07, 6.45) is -2.03. The molecule has 0 spiro atoms. The first-order valence-electron chi connectivity index (χ1n) is 15.4. The van der Waals surface area contributed by atoms with Gasteiger partial charge in [0.05, 0.1) is 24.4 Å². The lowest BCUT2D eigenvalue weighted by Crippen LogP contribution is -2.52. The molecule has 6 nitrogen and oxygen atoms in total. The topological polar surface area (TPSA) is 86.7 Å². The molecule has 2 amide bonds. The summed E-state index contributed by atoms with van der Waals surface area (Å²) in [5.41, 5.74) is 0.431. The van der Waals surface area contributed by atoms with E-state index < -0.39 is 59.3 Å². The molecule has 0 radical (unpaired) electrons. The normalized spacial score (nSPS) is 19.7. The van der Waals surface area contributed by atoms with Crippen LogP contribution in [0.3, 0.4) is 0 Å². The smallest absolute Gasteiger partial charge is 0.419 e. The van der Waals surface area contributed by atoms with Gasteiger partial charge in [0.1, 0.15) is 17.7 Å². The first kappa shape index (κ1) is 33.1. The highest BCUT2D eigenvalue weighted by Gasteiger charge is 2.39. The van der Waals surface area contributed by atoms with E-state index >= 15 is 4.39 Å². The number of carboxylic acid groups (broad SMARTS) is 1. The van der Waals surface area contributed by atoms with E-state index in [1.165, 1.54) is 17.0 Å². The lowest BCUT2D eigenvalue weighted by Gasteiger charge is -2.36. The van der Waals surface area contributed by atoms with Crippen molar-refractivity contribution in [3.05, 3.63) is 93.5 Å². The van der Waals surface area contributed by atoms with Crippen molar-refractivity contribution in [2.24, 2.45) is 0 Å². The van der Waals surface area contributed by atoms with E-state index in [1.807, 2.05) is 24.3 Å². The maximum atomic E-state index is 15.8. The maximum absolute atomic E-state index is 15.8. The Hall–Kier alpha value is -4.28. The van der Waals surface area contributed by atoms with Gasteiger partial charge >= 0.3 is 12.1 Å². The molecule has 244 valence electrons. The van der Waals surface area contributed by atoms with Gasteiger partial charge in [-0.25, -0.2) is 8.78 Å². The van der Waals surface area contributed by atoms with Gasteiger partial charge in [-0.1, -0.05) is 49.9 Å². The highest BCUT2D eigenvalue weighted by molar-refractivity contribution is 5.90. The molecule has 2 heterocycles. The third-order valence-electron chi connectivity index (χ3n) is 8.87. The Morgan fingerprint density at radius 3 is 2.37 bits per heavy atom. The lowest BCUT2D eigenvalue weighted by molar-refractivity contribution is -0.143. The number of carbonyl (C=O) groups excluding carboxylic acids is 2. The van der Waals surface area contributed by atoms with Gasteiger partial charge in [0.25, 0.3) is 0 Å². The number of halogens is 5. The predicted molar refractivity (Wildman–Crippen MR) is 161 cm³/mol. The third-order valence-corrected chi connectivity index (χ3v) is 8.87. The van der Waals surface area contributed by atoms with Crippen LogP contribution in [0.2, 0.25) is 0 Å². The summed E-state index contributed by atoms with van der Waals surface area (Å²) >= 11 is 0. The van der Waals surface area contributed by atoms with Crippen LogP contribution >= 0.6 is 0 Å². The highest BCUT2D eigenvalue weighted by Crippen LogP contribution is 2.40. The quantitative estimate of drug-likeness (QED) is 0.291. The molecule has 2 N–H and O–H groups in total. The van der Waals surface area contributed by atoms with Gasteiger partial charge < -0.3 is 15.3 Å². The zero-order chi connectivity index (χ0) is 33.2. The number of hydrogen-bond donors (Lipinski definition) is 2. The summed E-state index contributed by atoms with van der Waals surface area (Å²) in [4.78, 5) is 40.6. The molecule has 2 atom stereocenters. The van der Waals surface area contributed by atoms with Crippen molar-refractivity contribution in [1.29, 1.82) is 0 Å². The number of carbonyl (C=O) groups is 3. The second kappa shape index (κ2) is 13.6. The fraction of sp³-hybridized carbons (Fsp3) is 0.400. The molecule has 0 fully saturated rings. The van der Waals surface area contributed by atoms with Crippen LogP contribution in [0.1, 0.15) is 84.4 Å². The zero-order valence-corrected chi connectivity index (χ0v) is 25.4. The minimum absolute atomic E-state index is 0.0590. The minimum atomic E-state index is -5.16.